The van der Waals surface area contributed by atoms with Crippen molar-refractivity contribution in [3.8, 4) is 0 Å². The maximum atomic E-state index is 12.0. The lowest BCUT2D eigenvalue weighted by Crippen LogP contribution is -2.21. The van der Waals surface area contributed by atoms with Crippen molar-refractivity contribution >= 4 is 28.7 Å². The fourth-order valence-electron chi connectivity index (χ4n) is 2.22. The molecule has 1 N–H and O–H groups in total. The third kappa shape index (κ3) is 3.43. The molecule has 0 saturated carbocycles. The van der Waals surface area contributed by atoms with E-state index in [1.807, 2.05) is 26.0 Å². The van der Waals surface area contributed by atoms with Crippen LogP contribution in [0.15, 0.2) is 47.2 Å². The van der Waals surface area contributed by atoms with E-state index in [-0.39, 0.29) is 6.61 Å². The molecule has 1 aromatic heterocycles. The number of benzene rings is 2. The zero-order valence-corrected chi connectivity index (χ0v) is 13.3. The minimum Gasteiger partial charge on any atom is -0.452 e. The van der Waals surface area contributed by atoms with Crippen molar-refractivity contribution in [1.29, 1.82) is 0 Å². The topological polar surface area (TPSA) is 81.4 Å². The van der Waals surface area contributed by atoms with Crippen LogP contribution in [-0.4, -0.2) is 23.5 Å². The van der Waals surface area contributed by atoms with E-state index in [0.29, 0.717) is 22.4 Å². The highest BCUT2D eigenvalue weighted by molar-refractivity contribution is 5.97. The lowest BCUT2D eigenvalue weighted by molar-refractivity contribution is -0.119. The number of carbonyl (C=O) groups excluding carboxylic acids is 2. The number of fused-ring (bicyclic) bond motifs is 1. The molecule has 0 aliphatic rings. The van der Waals surface area contributed by atoms with Gasteiger partial charge in [0.05, 0.1) is 5.56 Å². The lowest BCUT2D eigenvalue weighted by Gasteiger charge is -2.08. The Balaban J connectivity index is 1.58. The van der Waals surface area contributed by atoms with Crippen LogP contribution in [0.3, 0.4) is 0 Å². The number of hydrogen-bond acceptors (Lipinski definition) is 5. The summed E-state index contributed by atoms with van der Waals surface area (Å²) < 4.78 is 10.1. The van der Waals surface area contributed by atoms with Crippen molar-refractivity contribution in [3.63, 3.8) is 0 Å². The maximum Gasteiger partial charge on any atom is 0.338 e. The number of ether oxygens (including phenoxy) is 1. The minimum atomic E-state index is -0.588. The molecule has 0 fully saturated rings. The first-order valence-electron chi connectivity index (χ1n) is 7.40. The van der Waals surface area contributed by atoms with Gasteiger partial charge in [-0.3, -0.25) is 4.79 Å². The highest BCUT2D eigenvalue weighted by Gasteiger charge is 2.12. The van der Waals surface area contributed by atoms with Crippen LogP contribution in [0.4, 0.5) is 5.69 Å². The Morgan fingerprint density at radius 1 is 1.12 bits per heavy atom. The molecule has 0 unspecified atom stereocenters. The van der Waals surface area contributed by atoms with Crippen molar-refractivity contribution in [2.75, 3.05) is 11.9 Å². The Bertz CT molecular complexity index is 914. The van der Waals surface area contributed by atoms with Crippen LogP contribution in [-0.2, 0) is 9.53 Å². The molecule has 0 bridgehead atoms. The van der Waals surface area contributed by atoms with Gasteiger partial charge in [0.25, 0.3) is 5.91 Å². The third-order valence-corrected chi connectivity index (χ3v) is 3.69. The summed E-state index contributed by atoms with van der Waals surface area (Å²) >= 11 is 0. The van der Waals surface area contributed by atoms with Crippen LogP contribution >= 0.6 is 0 Å². The Labute approximate surface area is 138 Å². The zero-order valence-electron chi connectivity index (χ0n) is 13.3. The summed E-state index contributed by atoms with van der Waals surface area (Å²) in [6, 6.07) is 10.4. The van der Waals surface area contributed by atoms with E-state index in [4.69, 9.17) is 9.15 Å². The first-order valence-corrected chi connectivity index (χ1v) is 7.40. The molecule has 0 saturated heterocycles. The molecule has 0 spiro atoms. The number of esters is 1. The number of rotatable bonds is 4. The first kappa shape index (κ1) is 15.7. The fourth-order valence-corrected chi connectivity index (χ4v) is 2.22. The predicted molar refractivity (Wildman–Crippen MR) is 88.8 cm³/mol. The monoisotopic (exact) mass is 324 g/mol. The maximum absolute atomic E-state index is 12.0. The summed E-state index contributed by atoms with van der Waals surface area (Å²) in [4.78, 5) is 27.9. The summed E-state index contributed by atoms with van der Waals surface area (Å²) in [5.41, 5.74) is 4.34. The molecule has 0 aliphatic carbocycles. The van der Waals surface area contributed by atoms with Gasteiger partial charge in [-0.2, -0.15) is 0 Å². The SMILES string of the molecule is Cc1ccc(NC(=O)COC(=O)c2ccc3ocnc3c2)cc1C. The summed E-state index contributed by atoms with van der Waals surface area (Å²) in [7, 11) is 0. The molecule has 3 aromatic rings. The molecule has 1 heterocycles. The molecule has 6 heteroatoms. The number of anilines is 1. The van der Waals surface area contributed by atoms with Crippen LogP contribution in [0, 0.1) is 13.8 Å². The second kappa shape index (κ2) is 6.54. The molecule has 3 rings (SSSR count). The molecule has 0 aliphatic heterocycles. The number of hydrogen-bond donors (Lipinski definition) is 1. The highest BCUT2D eigenvalue weighted by Crippen LogP contribution is 2.16. The van der Waals surface area contributed by atoms with Crippen LogP contribution in [0.5, 0.6) is 0 Å². The molecule has 6 nitrogen and oxygen atoms in total. The molecule has 122 valence electrons. The second-order valence-electron chi connectivity index (χ2n) is 5.46. The Kier molecular flexibility index (Phi) is 4.29. The van der Waals surface area contributed by atoms with Crippen LogP contribution in [0.2, 0.25) is 0 Å². The van der Waals surface area contributed by atoms with Gasteiger partial charge in [-0.05, 0) is 55.3 Å². The van der Waals surface area contributed by atoms with Gasteiger partial charge in [0.15, 0.2) is 18.6 Å². The van der Waals surface area contributed by atoms with Gasteiger partial charge in [-0.15, -0.1) is 0 Å². The average Bonchev–Trinajstić information content (AvgIpc) is 3.03. The standard InChI is InChI=1S/C18H16N2O4/c1-11-3-5-14(7-12(11)2)20-17(21)9-23-18(22)13-4-6-16-15(8-13)19-10-24-16/h3-8,10H,9H2,1-2H3,(H,20,21). The number of nitrogens with zero attached hydrogens (tertiary/aromatic N) is 1. The van der Waals surface area contributed by atoms with E-state index in [9.17, 15) is 9.59 Å². The summed E-state index contributed by atoms with van der Waals surface area (Å²) in [5.74, 6) is -0.982. The van der Waals surface area contributed by atoms with Gasteiger partial charge >= 0.3 is 5.97 Å². The van der Waals surface area contributed by atoms with Gasteiger partial charge in [0.1, 0.15) is 5.52 Å². The highest BCUT2D eigenvalue weighted by atomic mass is 16.5. The van der Waals surface area contributed by atoms with Crippen molar-refractivity contribution in [1.82, 2.24) is 4.98 Å². The average molecular weight is 324 g/mol. The normalized spacial score (nSPS) is 10.6. The van der Waals surface area contributed by atoms with E-state index in [0.717, 1.165) is 11.1 Å². The minimum absolute atomic E-state index is 0.315. The van der Waals surface area contributed by atoms with E-state index in [1.54, 1.807) is 24.3 Å². The third-order valence-electron chi connectivity index (χ3n) is 3.69. The number of nitrogens with one attached hydrogen (secondary N) is 1. The van der Waals surface area contributed by atoms with Crippen LogP contribution in [0.25, 0.3) is 11.1 Å². The van der Waals surface area contributed by atoms with Crippen molar-refractivity contribution < 1.29 is 18.7 Å². The quantitative estimate of drug-likeness (QED) is 0.745. The number of aromatic nitrogens is 1. The molecule has 2 aromatic carbocycles. The van der Waals surface area contributed by atoms with Gasteiger partial charge < -0.3 is 14.5 Å². The lowest BCUT2D eigenvalue weighted by atomic mass is 10.1. The van der Waals surface area contributed by atoms with Gasteiger partial charge in [0.2, 0.25) is 0 Å². The smallest absolute Gasteiger partial charge is 0.338 e. The predicted octanol–water partition coefficient (Wildman–Crippen LogP) is 3.24. The molecular formula is C18H16N2O4. The Morgan fingerprint density at radius 2 is 1.96 bits per heavy atom. The number of amides is 1. The van der Waals surface area contributed by atoms with Crippen LogP contribution < -0.4 is 5.32 Å². The molecule has 1 amide bonds. The van der Waals surface area contributed by atoms with E-state index < -0.39 is 11.9 Å². The summed E-state index contributed by atoms with van der Waals surface area (Å²) in [5, 5.41) is 2.70. The van der Waals surface area contributed by atoms with E-state index in [2.05, 4.69) is 10.3 Å². The van der Waals surface area contributed by atoms with Crippen molar-refractivity contribution in [2.24, 2.45) is 0 Å². The Hall–Kier alpha value is -3.15. The zero-order chi connectivity index (χ0) is 17.1. The number of oxazole rings is 1. The van der Waals surface area contributed by atoms with E-state index in [1.165, 1.54) is 6.39 Å². The Morgan fingerprint density at radius 3 is 2.75 bits per heavy atom. The summed E-state index contributed by atoms with van der Waals surface area (Å²) in [6.07, 6.45) is 1.30. The molecule has 0 radical (unpaired) electrons. The number of carbonyl (C=O) groups is 2. The number of aryl methyl sites for hydroxylation is 2. The van der Waals surface area contributed by atoms with Gasteiger partial charge in [-0.25, -0.2) is 9.78 Å². The molecule has 24 heavy (non-hydrogen) atoms. The molecular weight excluding hydrogens is 308 g/mol. The molecule has 0 atom stereocenters. The van der Waals surface area contributed by atoms with Crippen LogP contribution in [0.1, 0.15) is 21.5 Å². The largest absolute Gasteiger partial charge is 0.452 e. The summed E-state index contributed by atoms with van der Waals surface area (Å²) in [6.45, 7) is 3.60. The van der Waals surface area contributed by atoms with Crippen molar-refractivity contribution in [3.05, 3.63) is 59.5 Å². The second-order valence-corrected chi connectivity index (χ2v) is 5.46. The van der Waals surface area contributed by atoms with Gasteiger partial charge in [-0.1, -0.05) is 6.07 Å². The van der Waals surface area contributed by atoms with E-state index >= 15 is 0 Å². The fraction of sp³-hybridized carbons (Fsp3) is 0.167. The first-order chi connectivity index (χ1) is 11.5. The van der Waals surface area contributed by atoms with Gasteiger partial charge in [0, 0.05) is 5.69 Å². The van der Waals surface area contributed by atoms with Crippen molar-refractivity contribution in [2.45, 2.75) is 13.8 Å².